The van der Waals surface area contributed by atoms with E-state index in [4.69, 9.17) is 14.7 Å². The summed E-state index contributed by atoms with van der Waals surface area (Å²) in [4.78, 5) is 0. The zero-order chi connectivity index (χ0) is 13.7. The second-order valence-electron chi connectivity index (χ2n) is 4.52. The topological polar surface area (TPSA) is 42.2 Å². The molecule has 1 aromatic rings. The molecule has 1 heterocycles. The second kappa shape index (κ2) is 6.46. The van der Waals surface area contributed by atoms with E-state index in [0.29, 0.717) is 24.7 Å². The summed E-state index contributed by atoms with van der Waals surface area (Å²) in [5.41, 5.74) is 0.645. The first-order chi connectivity index (χ1) is 9.24. The minimum atomic E-state index is -0.539. The van der Waals surface area contributed by atoms with Crippen LogP contribution in [0.1, 0.15) is 30.8 Å². The molecule has 1 fully saturated rings. The van der Waals surface area contributed by atoms with Crippen LogP contribution in [0.4, 0.5) is 4.39 Å². The lowest BCUT2D eigenvalue weighted by molar-refractivity contribution is -0.204. The van der Waals surface area contributed by atoms with Gasteiger partial charge in [-0.25, -0.2) is 4.39 Å². The Morgan fingerprint density at radius 2 is 2.16 bits per heavy atom. The van der Waals surface area contributed by atoms with Crippen LogP contribution in [0.5, 0.6) is 0 Å². The zero-order valence-electron chi connectivity index (χ0n) is 10.8. The molecule has 0 bridgehead atoms. The molecule has 0 aromatic heterocycles. The van der Waals surface area contributed by atoms with Crippen molar-refractivity contribution in [1.29, 1.82) is 5.26 Å². The SMILES string of the molecule is CC=CCC1COC(c2ccc(C#N)c(F)c2)OC1. The first-order valence-electron chi connectivity index (χ1n) is 6.28. The Morgan fingerprint density at radius 1 is 1.42 bits per heavy atom. The molecule has 0 unspecified atom stereocenters. The third-order valence-electron chi connectivity index (χ3n) is 3.06. The molecule has 0 N–H and O–H groups in total. The molecule has 0 amide bonds. The first-order valence-corrected chi connectivity index (χ1v) is 6.28. The Hall–Kier alpha value is -1.70. The Balaban J connectivity index is 1.98. The zero-order valence-corrected chi connectivity index (χ0v) is 10.8. The fraction of sp³-hybridized carbons (Fsp3) is 0.400. The van der Waals surface area contributed by atoms with E-state index in [9.17, 15) is 4.39 Å². The average molecular weight is 261 g/mol. The third kappa shape index (κ3) is 3.40. The number of hydrogen-bond donors (Lipinski definition) is 0. The number of hydrogen-bond acceptors (Lipinski definition) is 3. The van der Waals surface area contributed by atoms with Gasteiger partial charge in [0.25, 0.3) is 0 Å². The predicted molar refractivity (Wildman–Crippen MR) is 68.7 cm³/mol. The van der Waals surface area contributed by atoms with Crippen molar-refractivity contribution in [3.63, 3.8) is 0 Å². The van der Waals surface area contributed by atoms with Gasteiger partial charge in [-0.15, -0.1) is 0 Å². The lowest BCUT2D eigenvalue weighted by Crippen LogP contribution is -2.26. The molecule has 0 spiro atoms. The molecule has 0 aliphatic carbocycles. The molecular weight excluding hydrogens is 245 g/mol. The van der Waals surface area contributed by atoms with Crippen LogP contribution in [0.2, 0.25) is 0 Å². The lowest BCUT2D eigenvalue weighted by Gasteiger charge is -2.29. The molecule has 1 aromatic carbocycles. The molecule has 1 aliphatic heterocycles. The van der Waals surface area contributed by atoms with Crippen molar-refractivity contribution < 1.29 is 13.9 Å². The number of ether oxygens (including phenoxy) is 2. The van der Waals surface area contributed by atoms with Crippen molar-refractivity contribution in [2.24, 2.45) is 5.92 Å². The number of rotatable bonds is 3. The summed E-state index contributed by atoms with van der Waals surface area (Å²) in [5, 5.41) is 8.68. The van der Waals surface area contributed by atoms with Gasteiger partial charge in [0.2, 0.25) is 0 Å². The molecule has 0 atom stereocenters. The summed E-state index contributed by atoms with van der Waals surface area (Å²) in [6, 6.07) is 6.21. The number of benzene rings is 1. The highest BCUT2D eigenvalue weighted by molar-refractivity contribution is 5.33. The monoisotopic (exact) mass is 261 g/mol. The molecule has 0 saturated carbocycles. The first kappa shape index (κ1) is 13.7. The van der Waals surface area contributed by atoms with Crippen LogP contribution < -0.4 is 0 Å². The predicted octanol–water partition coefficient (Wildman–Crippen LogP) is 3.33. The van der Waals surface area contributed by atoms with Crippen LogP contribution in [0, 0.1) is 23.1 Å². The van der Waals surface area contributed by atoms with Crippen LogP contribution >= 0.6 is 0 Å². The molecule has 0 radical (unpaired) electrons. The molecule has 4 heteroatoms. The van der Waals surface area contributed by atoms with Crippen LogP contribution in [-0.2, 0) is 9.47 Å². The van der Waals surface area contributed by atoms with E-state index >= 15 is 0 Å². The standard InChI is InChI=1S/C15H16FNO2/c1-2-3-4-11-9-18-15(19-10-11)12-5-6-13(8-17)14(16)7-12/h2-3,5-7,11,15H,4,9-10H2,1H3. The van der Waals surface area contributed by atoms with E-state index in [-0.39, 0.29) is 5.56 Å². The van der Waals surface area contributed by atoms with Gasteiger partial charge in [0, 0.05) is 11.5 Å². The van der Waals surface area contributed by atoms with Crippen molar-refractivity contribution in [3.8, 4) is 6.07 Å². The van der Waals surface area contributed by atoms with E-state index in [1.165, 1.54) is 12.1 Å². The van der Waals surface area contributed by atoms with Gasteiger partial charge >= 0.3 is 0 Å². The normalized spacial score (nSPS) is 23.4. The van der Waals surface area contributed by atoms with Crippen molar-refractivity contribution in [2.75, 3.05) is 13.2 Å². The Morgan fingerprint density at radius 3 is 2.74 bits per heavy atom. The summed E-state index contributed by atoms with van der Waals surface area (Å²) in [7, 11) is 0. The summed E-state index contributed by atoms with van der Waals surface area (Å²) in [6.45, 7) is 3.17. The van der Waals surface area contributed by atoms with Gasteiger partial charge in [0.1, 0.15) is 11.9 Å². The molecule has 100 valence electrons. The Labute approximate surface area is 112 Å². The smallest absolute Gasteiger partial charge is 0.183 e. The number of nitrogens with zero attached hydrogens (tertiary/aromatic N) is 1. The number of allylic oxidation sites excluding steroid dienone is 2. The van der Waals surface area contributed by atoms with Gasteiger partial charge in [0.15, 0.2) is 6.29 Å². The summed E-state index contributed by atoms with van der Waals surface area (Å²) in [5.74, 6) is -0.195. The largest absolute Gasteiger partial charge is 0.348 e. The fourth-order valence-corrected chi connectivity index (χ4v) is 1.97. The van der Waals surface area contributed by atoms with E-state index in [2.05, 4.69) is 6.08 Å². The summed E-state index contributed by atoms with van der Waals surface area (Å²) < 4.78 is 24.7. The van der Waals surface area contributed by atoms with E-state index in [1.54, 1.807) is 12.1 Å². The highest BCUT2D eigenvalue weighted by Gasteiger charge is 2.23. The number of halogens is 1. The molecule has 2 rings (SSSR count). The minimum absolute atomic E-state index is 0.0329. The minimum Gasteiger partial charge on any atom is -0.348 e. The molecule has 1 aliphatic rings. The second-order valence-corrected chi connectivity index (χ2v) is 4.52. The van der Waals surface area contributed by atoms with Crippen molar-refractivity contribution in [2.45, 2.75) is 19.6 Å². The van der Waals surface area contributed by atoms with Crippen LogP contribution in [0.15, 0.2) is 30.4 Å². The van der Waals surface area contributed by atoms with E-state index < -0.39 is 12.1 Å². The Kier molecular flexibility index (Phi) is 4.67. The fourth-order valence-electron chi connectivity index (χ4n) is 1.97. The van der Waals surface area contributed by atoms with Crippen molar-refractivity contribution in [1.82, 2.24) is 0 Å². The van der Waals surface area contributed by atoms with Crippen LogP contribution in [0.25, 0.3) is 0 Å². The number of nitriles is 1. The Bertz CT molecular complexity index is 499. The van der Waals surface area contributed by atoms with Gasteiger partial charge in [0.05, 0.1) is 18.8 Å². The molecule has 19 heavy (non-hydrogen) atoms. The van der Waals surface area contributed by atoms with Gasteiger partial charge < -0.3 is 9.47 Å². The lowest BCUT2D eigenvalue weighted by atomic mass is 10.1. The maximum absolute atomic E-state index is 13.5. The van der Waals surface area contributed by atoms with Crippen molar-refractivity contribution >= 4 is 0 Å². The highest BCUT2D eigenvalue weighted by Crippen LogP contribution is 2.27. The summed E-state index contributed by atoms with van der Waals surface area (Å²) in [6.07, 6.45) is 4.47. The molecular formula is C15H16FNO2. The van der Waals surface area contributed by atoms with E-state index in [0.717, 1.165) is 6.42 Å². The van der Waals surface area contributed by atoms with Gasteiger partial charge in [-0.05, 0) is 25.5 Å². The van der Waals surface area contributed by atoms with Gasteiger partial charge in [-0.2, -0.15) is 5.26 Å². The summed E-state index contributed by atoms with van der Waals surface area (Å²) >= 11 is 0. The maximum Gasteiger partial charge on any atom is 0.183 e. The van der Waals surface area contributed by atoms with Gasteiger partial charge in [-0.1, -0.05) is 18.2 Å². The van der Waals surface area contributed by atoms with Crippen LogP contribution in [0.3, 0.4) is 0 Å². The molecule has 1 saturated heterocycles. The van der Waals surface area contributed by atoms with Gasteiger partial charge in [-0.3, -0.25) is 0 Å². The average Bonchev–Trinajstić information content (AvgIpc) is 2.45. The van der Waals surface area contributed by atoms with E-state index in [1.807, 2.05) is 13.0 Å². The highest BCUT2D eigenvalue weighted by atomic mass is 19.1. The maximum atomic E-state index is 13.5. The quantitative estimate of drug-likeness (QED) is 0.784. The molecule has 3 nitrogen and oxygen atoms in total. The van der Waals surface area contributed by atoms with Crippen molar-refractivity contribution in [3.05, 3.63) is 47.3 Å². The third-order valence-corrected chi connectivity index (χ3v) is 3.06. The van der Waals surface area contributed by atoms with Crippen LogP contribution in [-0.4, -0.2) is 13.2 Å².